The molecule has 104 valence electrons. The van der Waals surface area contributed by atoms with Crippen molar-refractivity contribution in [1.29, 1.82) is 0 Å². The summed E-state index contributed by atoms with van der Waals surface area (Å²) in [5.41, 5.74) is 0. The predicted molar refractivity (Wildman–Crippen MR) is 69.2 cm³/mol. The van der Waals surface area contributed by atoms with Gasteiger partial charge in [-0.15, -0.1) is 0 Å². The van der Waals surface area contributed by atoms with E-state index in [1.165, 1.54) is 7.11 Å². The molecule has 1 saturated carbocycles. The van der Waals surface area contributed by atoms with Gasteiger partial charge < -0.3 is 15.4 Å². The number of hydrogen-bond donors (Lipinski definition) is 2. The maximum Gasteiger partial charge on any atom is 0.315 e. The number of nitrogens with one attached hydrogen (secondary N) is 2. The second-order valence-corrected chi connectivity index (χ2v) is 4.77. The van der Waals surface area contributed by atoms with Crippen LogP contribution in [0.25, 0.3) is 0 Å². The number of urea groups is 1. The summed E-state index contributed by atoms with van der Waals surface area (Å²) in [6.07, 6.45) is 5.86. The molecular weight excluding hydrogens is 232 g/mol. The van der Waals surface area contributed by atoms with Gasteiger partial charge in [-0.25, -0.2) is 4.79 Å². The van der Waals surface area contributed by atoms with Crippen LogP contribution in [0.4, 0.5) is 4.79 Å². The Morgan fingerprint density at radius 1 is 1.28 bits per heavy atom. The van der Waals surface area contributed by atoms with Crippen LogP contribution in [0, 0.1) is 5.92 Å². The zero-order chi connectivity index (χ0) is 13.4. The molecule has 1 fully saturated rings. The van der Waals surface area contributed by atoms with Crippen molar-refractivity contribution in [2.45, 2.75) is 51.5 Å². The van der Waals surface area contributed by atoms with E-state index in [2.05, 4.69) is 17.6 Å². The lowest BCUT2D eigenvalue weighted by Gasteiger charge is -2.19. The van der Waals surface area contributed by atoms with E-state index in [4.69, 9.17) is 4.74 Å². The molecule has 0 aromatic carbocycles. The number of unbranched alkanes of at least 4 members (excludes halogenated alkanes) is 2. The number of carbonyl (C=O) groups is 2. The van der Waals surface area contributed by atoms with E-state index in [0.29, 0.717) is 6.54 Å². The van der Waals surface area contributed by atoms with E-state index in [0.717, 1.165) is 38.5 Å². The number of carbonyl (C=O) groups excluding carboxylic acids is 2. The second kappa shape index (κ2) is 7.95. The summed E-state index contributed by atoms with van der Waals surface area (Å²) in [4.78, 5) is 23.2. The van der Waals surface area contributed by atoms with E-state index in [-0.39, 0.29) is 24.0 Å². The molecule has 0 aliphatic heterocycles. The normalized spacial score (nSPS) is 22.6. The van der Waals surface area contributed by atoms with Gasteiger partial charge in [-0.05, 0) is 19.3 Å². The average Bonchev–Trinajstić information content (AvgIpc) is 2.82. The van der Waals surface area contributed by atoms with Gasteiger partial charge in [0.05, 0.1) is 13.0 Å². The first-order chi connectivity index (χ1) is 8.69. The van der Waals surface area contributed by atoms with E-state index in [1.807, 2.05) is 0 Å². The van der Waals surface area contributed by atoms with Crippen molar-refractivity contribution in [2.75, 3.05) is 13.7 Å². The molecule has 0 bridgehead atoms. The number of amides is 2. The standard InChI is InChI=1S/C13H24N2O3/c1-3-4-5-9-14-13(17)15-11-8-6-7-10(11)12(16)18-2/h10-11H,3-9H2,1-2H3,(H2,14,15,17). The van der Waals surface area contributed by atoms with Gasteiger partial charge >= 0.3 is 12.0 Å². The molecule has 2 unspecified atom stereocenters. The Morgan fingerprint density at radius 3 is 2.72 bits per heavy atom. The lowest BCUT2D eigenvalue weighted by Crippen LogP contribution is -2.45. The zero-order valence-corrected chi connectivity index (χ0v) is 11.3. The van der Waals surface area contributed by atoms with Gasteiger partial charge in [0.2, 0.25) is 0 Å². The number of hydrogen-bond acceptors (Lipinski definition) is 3. The van der Waals surface area contributed by atoms with Crippen LogP contribution in [0.5, 0.6) is 0 Å². The fraction of sp³-hybridized carbons (Fsp3) is 0.846. The van der Waals surface area contributed by atoms with Gasteiger partial charge in [0.25, 0.3) is 0 Å². The molecule has 0 aromatic rings. The van der Waals surface area contributed by atoms with Crippen LogP contribution < -0.4 is 10.6 Å². The van der Waals surface area contributed by atoms with Crippen molar-refractivity contribution < 1.29 is 14.3 Å². The maximum atomic E-state index is 11.6. The van der Waals surface area contributed by atoms with Gasteiger partial charge in [-0.2, -0.15) is 0 Å². The minimum atomic E-state index is -0.219. The Labute approximate surface area is 109 Å². The Balaban J connectivity index is 2.27. The number of methoxy groups -OCH3 is 1. The van der Waals surface area contributed by atoms with Gasteiger partial charge in [-0.3, -0.25) is 4.79 Å². The third-order valence-electron chi connectivity index (χ3n) is 3.40. The van der Waals surface area contributed by atoms with Crippen LogP contribution in [-0.4, -0.2) is 31.7 Å². The molecule has 0 heterocycles. The van der Waals surface area contributed by atoms with Crippen molar-refractivity contribution >= 4 is 12.0 Å². The molecule has 0 spiro atoms. The molecule has 18 heavy (non-hydrogen) atoms. The first kappa shape index (κ1) is 14.8. The van der Waals surface area contributed by atoms with Crippen LogP contribution in [0.3, 0.4) is 0 Å². The molecule has 1 rings (SSSR count). The van der Waals surface area contributed by atoms with Crippen LogP contribution in [0.15, 0.2) is 0 Å². The summed E-state index contributed by atoms with van der Waals surface area (Å²) >= 11 is 0. The Kier molecular flexibility index (Phi) is 6.54. The van der Waals surface area contributed by atoms with Crippen LogP contribution in [-0.2, 0) is 9.53 Å². The highest BCUT2D eigenvalue weighted by atomic mass is 16.5. The van der Waals surface area contributed by atoms with Crippen molar-refractivity contribution in [3.63, 3.8) is 0 Å². The van der Waals surface area contributed by atoms with Gasteiger partial charge in [0.1, 0.15) is 0 Å². The molecule has 5 heteroatoms. The maximum absolute atomic E-state index is 11.6. The molecule has 0 aromatic heterocycles. The van der Waals surface area contributed by atoms with E-state index < -0.39 is 0 Å². The monoisotopic (exact) mass is 256 g/mol. The van der Waals surface area contributed by atoms with Gasteiger partial charge in [0, 0.05) is 12.6 Å². The summed E-state index contributed by atoms with van der Waals surface area (Å²) in [6, 6.07) is -0.254. The smallest absolute Gasteiger partial charge is 0.315 e. The minimum Gasteiger partial charge on any atom is -0.469 e. The van der Waals surface area contributed by atoms with E-state index >= 15 is 0 Å². The first-order valence-electron chi connectivity index (χ1n) is 6.81. The zero-order valence-electron chi connectivity index (χ0n) is 11.3. The Hall–Kier alpha value is -1.26. The van der Waals surface area contributed by atoms with Gasteiger partial charge in [0.15, 0.2) is 0 Å². The highest BCUT2D eigenvalue weighted by Crippen LogP contribution is 2.26. The van der Waals surface area contributed by atoms with Crippen molar-refractivity contribution in [1.82, 2.24) is 10.6 Å². The summed E-state index contributed by atoms with van der Waals surface area (Å²) in [7, 11) is 1.39. The third kappa shape index (κ3) is 4.55. The van der Waals surface area contributed by atoms with Gasteiger partial charge in [-0.1, -0.05) is 26.2 Å². The number of rotatable bonds is 6. The topological polar surface area (TPSA) is 67.4 Å². The highest BCUT2D eigenvalue weighted by molar-refractivity contribution is 5.77. The summed E-state index contributed by atoms with van der Waals surface area (Å²) in [5.74, 6) is -0.403. The fourth-order valence-corrected chi connectivity index (χ4v) is 2.36. The molecule has 1 aliphatic rings. The molecule has 0 radical (unpaired) electrons. The fourth-order valence-electron chi connectivity index (χ4n) is 2.36. The lowest BCUT2D eigenvalue weighted by atomic mass is 10.0. The predicted octanol–water partition coefficient (Wildman–Crippen LogP) is 1.82. The largest absolute Gasteiger partial charge is 0.469 e. The summed E-state index contributed by atoms with van der Waals surface area (Å²) in [5, 5.41) is 5.69. The SMILES string of the molecule is CCCCCNC(=O)NC1CCCC1C(=O)OC. The lowest BCUT2D eigenvalue weighted by molar-refractivity contribution is -0.145. The molecule has 2 N–H and O–H groups in total. The van der Waals surface area contributed by atoms with Crippen LogP contribution >= 0.6 is 0 Å². The number of ether oxygens (including phenoxy) is 1. The summed E-state index contributed by atoms with van der Waals surface area (Å²) in [6.45, 7) is 2.81. The second-order valence-electron chi connectivity index (χ2n) is 4.77. The Morgan fingerprint density at radius 2 is 2.06 bits per heavy atom. The minimum absolute atomic E-state index is 0.0800. The molecule has 0 saturated heterocycles. The first-order valence-corrected chi connectivity index (χ1v) is 6.81. The third-order valence-corrected chi connectivity index (χ3v) is 3.40. The average molecular weight is 256 g/mol. The van der Waals surface area contributed by atoms with Crippen molar-refractivity contribution in [3.8, 4) is 0 Å². The molecule has 2 atom stereocenters. The van der Waals surface area contributed by atoms with Crippen molar-refractivity contribution in [2.24, 2.45) is 5.92 Å². The Bertz CT molecular complexity index is 281. The van der Waals surface area contributed by atoms with Crippen molar-refractivity contribution in [3.05, 3.63) is 0 Å². The molecule has 1 aliphatic carbocycles. The van der Waals surface area contributed by atoms with Crippen LogP contribution in [0.2, 0.25) is 0 Å². The molecule has 2 amide bonds. The quantitative estimate of drug-likeness (QED) is 0.562. The van der Waals surface area contributed by atoms with E-state index in [1.54, 1.807) is 0 Å². The summed E-state index contributed by atoms with van der Waals surface area (Å²) < 4.78 is 4.75. The highest BCUT2D eigenvalue weighted by Gasteiger charge is 2.34. The van der Waals surface area contributed by atoms with Crippen LogP contribution in [0.1, 0.15) is 45.4 Å². The molecular formula is C13H24N2O3. The molecule has 5 nitrogen and oxygen atoms in total. The van der Waals surface area contributed by atoms with E-state index in [9.17, 15) is 9.59 Å². The number of esters is 1.